The first-order valence-electron chi connectivity index (χ1n) is 7.22. The molecule has 1 aromatic heterocycles. The first-order chi connectivity index (χ1) is 11.8. The molecule has 1 aromatic carbocycles. The van der Waals surface area contributed by atoms with Crippen LogP contribution in [0.15, 0.2) is 29.6 Å². The first kappa shape index (κ1) is 19.6. The molecule has 0 aliphatic carbocycles. The fraction of sp³-hybridized carbons (Fsp3) is 0.250. The van der Waals surface area contributed by atoms with Crippen molar-refractivity contribution >= 4 is 45.5 Å². The monoisotopic (exact) mass is 396 g/mol. The van der Waals surface area contributed by atoms with Gasteiger partial charge in [0.25, 0.3) is 0 Å². The Morgan fingerprint density at radius 3 is 2.80 bits per heavy atom. The quantitative estimate of drug-likeness (QED) is 0.515. The van der Waals surface area contributed by atoms with Crippen LogP contribution in [-0.4, -0.2) is 27.9 Å². The van der Waals surface area contributed by atoms with Gasteiger partial charge in [-0.1, -0.05) is 29.7 Å². The lowest BCUT2D eigenvalue weighted by molar-refractivity contribution is 0.252. The molecular weight excluding hydrogens is 380 g/mol. The molecule has 2 atom stereocenters. The number of rotatable bonds is 6. The predicted octanol–water partition coefficient (Wildman–Crippen LogP) is 2.48. The van der Waals surface area contributed by atoms with Gasteiger partial charge in [-0.15, -0.1) is 17.8 Å². The molecule has 0 fully saturated rings. The van der Waals surface area contributed by atoms with E-state index in [-0.39, 0.29) is 12.3 Å². The number of benzene rings is 1. The van der Waals surface area contributed by atoms with Crippen LogP contribution in [-0.2, 0) is 16.8 Å². The SMILES string of the molecule is C#C[C@](C)(c1ccc(Cl)cc1)c1csc(NC(=O)NCC[S+](N)[O-])n1. The van der Waals surface area contributed by atoms with Gasteiger partial charge in [-0.05, 0) is 24.6 Å². The summed E-state index contributed by atoms with van der Waals surface area (Å²) >= 11 is 5.75. The number of aromatic nitrogens is 1. The zero-order valence-corrected chi connectivity index (χ0v) is 15.8. The summed E-state index contributed by atoms with van der Waals surface area (Å²) in [6.07, 6.45) is 5.75. The van der Waals surface area contributed by atoms with Crippen molar-refractivity contribution in [1.29, 1.82) is 0 Å². The number of anilines is 1. The van der Waals surface area contributed by atoms with Crippen molar-refractivity contribution < 1.29 is 9.35 Å². The Hall–Kier alpha value is -1.76. The zero-order chi connectivity index (χ0) is 18.4. The van der Waals surface area contributed by atoms with Gasteiger partial charge >= 0.3 is 6.03 Å². The van der Waals surface area contributed by atoms with E-state index >= 15 is 0 Å². The molecule has 0 saturated heterocycles. The van der Waals surface area contributed by atoms with Crippen molar-refractivity contribution in [3.63, 3.8) is 0 Å². The van der Waals surface area contributed by atoms with Crippen molar-refractivity contribution in [3.05, 3.63) is 45.9 Å². The number of terminal acetylenes is 1. The molecule has 0 aliphatic heterocycles. The molecule has 25 heavy (non-hydrogen) atoms. The zero-order valence-electron chi connectivity index (χ0n) is 13.4. The van der Waals surface area contributed by atoms with Gasteiger partial charge in [-0.2, -0.15) is 5.14 Å². The fourth-order valence-electron chi connectivity index (χ4n) is 2.06. The van der Waals surface area contributed by atoms with Crippen molar-refractivity contribution in [1.82, 2.24) is 10.3 Å². The molecule has 4 N–H and O–H groups in total. The lowest BCUT2D eigenvalue weighted by Crippen LogP contribution is -2.34. The highest BCUT2D eigenvalue weighted by atomic mass is 35.5. The van der Waals surface area contributed by atoms with Crippen LogP contribution in [0.2, 0.25) is 5.02 Å². The Balaban J connectivity index is 2.09. The number of carbonyl (C=O) groups excluding carboxylic acids is 1. The molecular formula is C16H17ClN4O2S2. The molecule has 0 radical (unpaired) electrons. The minimum Gasteiger partial charge on any atom is -0.598 e. The van der Waals surface area contributed by atoms with Gasteiger partial charge in [0, 0.05) is 21.8 Å². The van der Waals surface area contributed by atoms with Gasteiger partial charge in [-0.25, -0.2) is 9.78 Å². The van der Waals surface area contributed by atoms with Gasteiger partial charge < -0.3 is 9.87 Å². The maximum atomic E-state index is 11.8. The van der Waals surface area contributed by atoms with Crippen LogP contribution in [0.1, 0.15) is 18.2 Å². The van der Waals surface area contributed by atoms with Gasteiger partial charge in [0.2, 0.25) is 0 Å². The molecule has 1 unspecified atom stereocenters. The third-order valence-electron chi connectivity index (χ3n) is 3.54. The number of carbonyl (C=O) groups is 1. The number of hydrogen-bond acceptors (Lipinski definition) is 5. The smallest absolute Gasteiger partial charge is 0.321 e. The Morgan fingerprint density at radius 1 is 1.52 bits per heavy atom. The van der Waals surface area contributed by atoms with E-state index in [1.165, 1.54) is 11.3 Å². The maximum absolute atomic E-state index is 11.8. The predicted molar refractivity (Wildman–Crippen MR) is 103 cm³/mol. The van der Waals surface area contributed by atoms with Crippen LogP contribution < -0.4 is 15.8 Å². The highest BCUT2D eigenvalue weighted by molar-refractivity contribution is 7.89. The number of thiazole rings is 1. The van der Waals surface area contributed by atoms with E-state index in [9.17, 15) is 9.35 Å². The third kappa shape index (κ3) is 5.11. The second kappa shape index (κ2) is 8.56. The van der Waals surface area contributed by atoms with Gasteiger partial charge in [-0.3, -0.25) is 5.32 Å². The number of amides is 2. The van der Waals surface area contributed by atoms with Gasteiger partial charge in [0.1, 0.15) is 5.75 Å². The second-order valence-electron chi connectivity index (χ2n) is 5.28. The summed E-state index contributed by atoms with van der Waals surface area (Å²) in [6.45, 7) is 2.09. The average Bonchev–Trinajstić information content (AvgIpc) is 3.03. The molecule has 2 amide bonds. The molecule has 9 heteroatoms. The second-order valence-corrected chi connectivity index (χ2v) is 7.74. The van der Waals surface area contributed by atoms with Crippen molar-refractivity contribution in [2.45, 2.75) is 12.3 Å². The van der Waals surface area contributed by atoms with E-state index in [1.54, 1.807) is 17.5 Å². The highest BCUT2D eigenvalue weighted by Crippen LogP contribution is 2.33. The number of nitrogens with two attached hydrogens (primary N) is 1. The minimum atomic E-state index is -1.45. The Morgan fingerprint density at radius 2 is 2.20 bits per heavy atom. The molecule has 1 heterocycles. The number of nitrogens with zero attached hydrogens (tertiary/aromatic N) is 1. The van der Waals surface area contributed by atoms with E-state index in [0.29, 0.717) is 15.8 Å². The van der Waals surface area contributed by atoms with E-state index in [0.717, 1.165) is 5.56 Å². The van der Waals surface area contributed by atoms with Gasteiger partial charge in [0.15, 0.2) is 5.13 Å². The average molecular weight is 397 g/mol. The molecule has 0 spiro atoms. The Bertz CT molecular complexity index is 773. The Kier molecular flexibility index (Phi) is 6.70. The molecule has 0 saturated carbocycles. The van der Waals surface area contributed by atoms with Crippen LogP contribution >= 0.6 is 22.9 Å². The van der Waals surface area contributed by atoms with Crippen LogP contribution in [0.4, 0.5) is 9.93 Å². The first-order valence-corrected chi connectivity index (χ1v) is 9.86. The summed E-state index contributed by atoms with van der Waals surface area (Å²) in [6, 6.07) is 6.81. The van der Waals surface area contributed by atoms with Gasteiger partial charge in [0.05, 0.1) is 17.7 Å². The standard InChI is InChI=1S/C16H17ClN4O2S2/c1-3-16(2,11-4-6-12(17)7-5-11)13-10-24-15(20-13)21-14(22)19-8-9-25(18)23/h1,4-7,10H,8-9,18H2,2H3,(H2,19,20,21,22)/t16-,25?/m1/s1. The van der Waals surface area contributed by atoms with Crippen molar-refractivity contribution in [2.75, 3.05) is 17.6 Å². The largest absolute Gasteiger partial charge is 0.598 e. The van der Waals surface area contributed by atoms with E-state index < -0.39 is 22.8 Å². The fourth-order valence-corrected chi connectivity index (χ4v) is 3.30. The summed E-state index contributed by atoms with van der Waals surface area (Å²) < 4.78 is 10.8. The van der Waals surface area contributed by atoms with E-state index in [2.05, 4.69) is 21.5 Å². The highest BCUT2D eigenvalue weighted by Gasteiger charge is 2.29. The van der Waals surface area contributed by atoms with Crippen LogP contribution in [0.25, 0.3) is 0 Å². The third-order valence-corrected chi connectivity index (χ3v) is 5.15. The number of nitrogens with one attached hydrogen (secondary N) is 2. The van der Waals surface area contributed by atoms with Crippen LogP contribution in [0, 0.1) is 12.3 Å². The lowest BCUT2D eigenvalue weighted by atomic mass is 9.81. The summed E-state index contributed by atoms with van der Waals surface area (Å²) in [7, 11) is 0. The summed E-state index contributed by atoms with van der Waals surface area (Å²) in [5, 5.41) is 13.1. The summed E-state index contributed by atoms with van der Waals surface area (Å²) in [4.78, 5) is 16.2. The van der Waals surface area contributed by atoms with Crippen LogP contribution in [0.3, 0.4) is 0 Å². The van der Waals surface area contributed by atoms with Crippen LogP contribution in [0.5, 0.6) is 0 Å². The van der Waals surface area contributed by atoms with E-state index in [1.807, 2.05) is 19.1 Å². The number of halogens is 1. The minimum absolute atomic E-state index is 0.183. The summed E-state index contributed by atoms with van der Waals surface area (Å²) in [5.41, 5.74) is 0.792. The lowest BCUT2D eigenvalue weighted by Gasteiger charge is -2.22. The van der Waals surface area contributed by atoms with Crippen molar-refractivity contribution in [3.8, 4) is 12.3 Å². The topological polar surface area (TPSA) is 103 Å². The molecule has 0 aliphatic rings. The maximum Gasteiger partial charge on any atom is 0.321 e. The van der Waals surface area contributed by atoms with E-state index in [4.69, 9.17) is 23.2 Å². The normalized spacial score (nSPS) is 14.2. The number of urea groups is 1. The Labute approximate surface area is 158 Å². The molecule has 132 valence electrons. The molecule has 2 rings (SSSR count). The number of hydrogen-bond donors (Lipinski definition) is 3. The molecule has 2 aromatic rings. The van der Waals surface area contributed by atoms with Crippen molar-refractivity contribution in [2.24, 2.45) is 5.14 Å². The summed E-state index contributed by atoms with van der Waals surface area (Å²) in [5.74, 6) is 2.95. The molecule has 6 nitrogen and oxygen atoms in total. The molecule has 0 bridgehead atoms.